The molecule has 5 nitrogen and oxygen atoms in total. The van der Waals surface area contributed by atoms with Gasteiger partial charge in [-0.1, -0.05) is 25.9 Å². The van der Waals surface area contributed by atoms with Crippen LogP contribution in [-0.4, -0.2) is 23.5 Å². The standard InChI is InChI=1S/C10H21N3O2/c1-4-7-12-9(14)10(5-2,6-3)8(11)13-15/h15H,4-7H2,1-3H3,(H2,11,13)(H,12,14). The summed E-state index contributed by atoms with van der Waals surface area (Å²) in [5, 5.41) is 14.4. The van der Waals surface area contributed by atoms with Gasteiger partial charge in [0.05, 0.1) is 0 Å². The lowest BCUT2D eigenvalue weighted by atomic mass is 9.80. The predicted molar refractivity (Wildman–Crippen MR) is 59.7 cm³/mol. The fourth-order valence-electron chi connectivity index (χ4n) is 1.55. The summed E-state index contributed by atoms with van der Waals surface area (Å²) in [6.07, 6.45) is 1.91. The molecular weight excluding hydrogens is 194 g/mol. The van der Waals surface area contributed by atoms with Crippen molar-refractivity contribution >= 4 is 11.7 Å². The summed E-state index contributed by atoms with van der Waals surface area (Å²) in [4.78, 5) is 11.9. The monoisotopic (exact) mass is 215 g/mol. The number of rotatable bonds is 6. The second kappa shape index (κ2) is 6.27. The molecule has 0 saturated heterocycles. The fraction of sp³-hybridized carbons (Fsp3) is 0.800. The molecule has 0 aromatic rings. The van der Waals surface area contributed by atoms with Crippen molar-refractivity contribution in [1.82, 2.24) is 5.32 Å². The molecule has 0 aliphatic carbocycles. The zero-order valence-electron chi connectivity index (χ0n) is 9.71. The Bertz CT molecular complexity index is 235. The normalized spacial score (nSPS) is 12.6. The third-order valence-corrected chi connectivity index (χ3v) is 2.78. The highest BCUT2D eigenvalue weighted by Crippen LogP contribution is 2.26. The van der Waals surface area contributed by atoms with Crippen LogP contribution < -0.4 is 11.1 Å². The predicted octanol–water partition coefficient (Wildman–Crippen LogP) is 1.07. The average Bonchev–Trinajstić information content (AvgIpc) is 2.28. The van der Waals surface area contributed by atoms with Crippen LogP contribution in [0, 0.1) is 5.41 Å². The third kappa shape index (κ3) is 2.84. The smallest absolute Gasteiger partial charge is 0.233 e. The number of carbonyl (C=O) groups excluding carboxylic acids is 1. The maximum Gasteiger partial charge on any atom is 0.233 e. The van der Waals surface area contributed by atoms with Crippen molar-refractivity contribution in [2.75, 3.05) is 6.54 Å². The molecule has 4 N–H and O–H groups in total. The number of nitrogens with zero attached hydrogens (tertiary/aromatic N) is 1. The number of amidine groups is 1. The Morgan fingerprint density at radius 1 is 1.40 bits per heavy atom. The van der Waals surface area contributed by atoms with Crippen LogP contribution in [-0.2, 0) is 4.79 Å². The van der Waals surface area contributed by atoms with Gasteiger partial charge in [-0.05, 0) is 19.3 Å². The molecular formula is C10H21N3O2. The number of carbonyl (C=O) groups is 1. The SMILES string of the molecule is CCCNC(=O)C(CC)(CC)C(N)=NO. The van der Waals surface area contributed by atoms with E-state index in [-0.39, 0.29) is 11.7 Å². The number of oxime groups is 1. The van der Waals surface area contributed by atoms with Gasteiger partial charge >= 0.3 is 0 Å². The highest BCUT2D eigenvalue weighted by Gasteiger charge is 2.39. The van der Waals surface area contributed by atoms with Crippen LogP contribution in [0.1, 0.15) is 40.0 Å². The molecule has 0 heterocycles. The van der Waals surface area contributed by atoms with Crippen LogP contribution in [0.25, 0.3) is 0 Å². The molecule has 0 atom stereocenters. The molecule has 0 radical (unpaired) electrons. The molecule has 15 heavy (non-hydrogen) atoms. The van der Waals surface area contributed by atoms with Gasteiger partial charge in [0.1, 0.15) is 5.41 Å². The summed E-state index contributed by atoms with van der Waals surface area (Å²) in [7, 11) is 0. The van der Waals surface area contributed by atoms with E-state index in [4.69, 9.17) is 10.9 Å². The maximum atomic E-state index is 11.9. The molecule has 0 aromatic heterocycles. The van der Waals surface area contributed by atoms with Crippen LogP contribution in [0.2, 0.25) is 0 Å². The molecule has 0 aliphatic rings. The van der Waals surface area contributed by atoms with Crippen LogP contribution in [0.3, 0.4) is 0 Å². The van der Waals surface area contributed by atoms with E-state index in [9.17, 15) is 4.79 Å². The van der Waals surface area contributed by atoms with Crippen molar-refractivity contribution in [2.45, 2.75) is 40.0 Å². The second-order valence-electron chi connectivity index (χ2n) is 3.53. The van der Waals surface area contributed by atoms with Crippen LogP contribution in [0.15, 0.2) is 5.16 Å². The molecule has 0 rings (SSSR count). The first-order valence-electron chi connectivity index (χ1n) is 5.35. The van der Waals surface area contributed by atoms with Crippen molar-refractivity contribution < 1.29 is 10.0 Å². The lowest BCUT2D eigenvalue weighted by Crippen LogP contribution is -2.49. The summed E-state index contributed by atoms with van der Waals surface area (Å²) >= 11 is 0. The Labute approximate surface area is 90.7 Å². The quantitative estimate of drug-likeness (QED) is 0.268. The topological polar surface area (TPSA) is 87.7 Å². The Hall–Kier alpha value is -1.26. The van der Waals surface area contributed by atoms with Gasteiger partial charge in [0, 0.05) is 6.54 Å². The van der Waals surface area contributed by atoms with Gasteiger partial charge < -0.3 is 16.3 Å². The molecule has 0 spiro atoms. The van der Waals surface area contributed by atoms with Gasteiger partial charge in [0.15, 0.2) is 5.84 Å². The molecule has 0 saturated carbocycles. The maximum absolute atomic E-state index is 11.9. The van der Waals surface area contributed by atoms with E-state index in [1.54, 1.807) is 0 Å². The van der Waals surface area contributed by atoms with E-state index in [1.165, 1.54) is 0 Å². The number of nitrogens with two attached hydrogens (primary N) is 1. The van der Waals surface area contributed by atoms with Gasteiger partial charge in [-0.25, -0.2) is 0 Å². The summed E-state index contributed by atoms with van der Waals surface area (Å²) in [5.74, 6) is -0.175. The minimum Gasteiger partial charge on any atom is -0.409 e. The highest BCUT2D eigenvalue weighted by molar-refractivity contribution is 6.06. The minimum atomic E-state index is -0.871. The summed E-state index contributed by atoms with van der Waals surface area (Å²) in [6, 6.07) is 0. The Balaban J connectivity index is 4.85. The van der Waals surface area contributed by atoms with Crippen molar-refractivity contribution in [3.05, 3.63) is 0 Å². The number of hydrogen-bond donors (Lipinski definition) is 3. The lowest BCUT2D eigenvalue weighted by Gasteiger charge is -2.28. The first-order chi connectivity index (χ1) is 7.08. The van der Waals surface area contributed by atoms with E-state index < -0.39 is 5.41 Å². The Morgan fingerprint density at radius 2 is 1.93 bits per heavy atom. The van der Waals surface area contributed by atoms with Crippen LogP contribution >= 0.6 is 0 Å². The van der Waals surface area contributed by atoms with E-state index in [0.29, 0.717) is 19.4 Å². The lowest BCUT2D eigenvalue weighted by molar-refractivity contribution is -0.128. The van der Waals surface area contributed by atoms with Crippen molar-refractivity contribution in [3.63, 3.8) is 0 Å². The largest absolute Gasteiger partial charge is 0.409 e. The third-order valence-electron chi connectivity index (χ3n) is 2.78. The van der Waals surface area contributed by atoms with E-state index in [2.05, 4.69) is 10.5 Å². The van der Waals surface area contributed by atoms with Gasteiger partial charge in [-0.2, -0.15) is 0 Å². The van der Waals surface area contributed by atoms with Gasteiger partial charge in [0.2, 0.25) is 5.91 Å². The average molecular weight is 215 g/mol. The fourth-order valence-corrected chi connectivity index (χ4v) is 1.55. The van der Waals surface area contributed by atoms with Gasteiger partial charge in [-0.3, -0.25) is 4.79 Å². The highest BCUT2D eigenvalue weighted by atomic mass is 16.4. The first-order valence-corrected chi connectivity index (χ1v) is 5.35. The van der Waals surface area contributed by atoms with Crippen LogP contribution in [0.4, 0.5) is 0 Å². The minimum absolute atomic E-state index is 0.0129. The number of hydrogen-bond acceptors (Lipinski definition) is 3. The molecule has 5 heteroatoms. The molecule has 0 bridgehead atoms. The van der Waals surface area contributed by atoms with Crippen LogP contribution in [0.5, 0.6) is 0 Å². The Morgan fingerprint density at radius 3 is 2.27 bits per heavy atom. The zero-order valence-corrected chi connectivity index (χ0v) is 9.71. The van der Waals surface area contributed by atoms with E-state index >= 15 is 0 Å². The molecule has 1 amide bonds. The molecule has 0 aromatic carbocycles. The summed E-state index contributed by atoms with van der Waals surface area (Å²) in [5.41, 5.74) is 4.71. The zero-order chi connectivity index (χ0) is 11.9. The summed E-state index contributed by atoms with van der Waals surface area (Å²) in [6.45, 7) is 6.29. The summed E-state index contributed by atoms with van der Waals surface area (Å²) < 4.78 is 0. The Kier molecular flexibility index (Phi) is 5.74. The van der Waals surface area contributed by atoms with Crippen molar-refractivity contribution in [2.24, 2.45) is 16.3 Å². The molecule has 88 valence electrons. The van der Waals surface area contributed by atoms with Gasteiger partial charge in [-0.15, -0.1) is 0 Å². The van der Waals surface area contributed by atoms with E-state index in [1.807, 2.05) is 20.8 Å². The number of nitrogens with one attached hydrogen (secondary N) is 1. The first kappa shape index (κ1) is 13.7. The number of amides is 1. The van der Waals surface area contributed by atoms with E-state index in [0.717, 1.165) is 6.42 Å². The molecule has 0 aliphatic heterocycles. The molecule has 0 unspecified atom stereocenters. The van der Waals surface area contributed by atoms with Crippen molar-refractivity contribution in [3.8, 4) is 0 Å². The second-order valence-corrected chi connectivity index (χ2v) is 3.53. The van der Waals surface area contributed by atoms with Crippen molar-refractivity contribution in [1.29, 1.82) is 0 Å². The van der Waals surface area contributed by atoms with Gasteiger partial charge in [0.25, 0.3) is 0 Å². The molecule has 0 fully saturated rings.